The molecule has 0 radical (unpaired) electrons. The lowest BCUT2D eigenvalue weighted by molar-refractivity contribution is -0.115. The predicted octanol–water partition coefficient (Wildman–Crippen LogP) is 5.21. The van der Waals surface area contributed by atoms with Crippen molar-refractivity contribution in [3.8, 4) is 11.5 Å². The minimum atomic E-state index is -0.215. The number of nitrogens with one attached hydrogen (secondary N) is 1. The summed E-state index contributed by atoms with van der Waals surface area (Å²) in [6.45, 7) is 2.27. The molecule has 0 spiro atoms. The average molecular weight is 498 g/mol. The van der Waals surface area contributed by atoms with Gasteiger partial charge in [0, 0.05) is 4.47 Å². The van der Waals surface area contributed by atoms with E-state index in [-0.39, 0.29) is 11.7 Å². The van der Waals surface area contributed by atoms with E-state index >= 15 is 0 Å². The number of aliphatic imine (C=N–C) groups is 1. The van der Waals surface area contributed by atoms with E-state index in [1.807, 2.05) is 31.2 Å². The Morgan fingerprint density at radius 2 is 2.00 bits per heavy atom. The van der Waals surface area contributed by atoms with Crippen molar-refractivity contribution in [3.63, 3.8) is 0 Å². The topological polar surface area (TPSA) is 70.9 Å². The molecule has 1 aliphatic heterocycles. The number of carbonyl (C=O) groups is 1. The number of carbonyl (C=O) groups excluding carboxylic acids is 1. The van der Waals surface area contributed by atoms with E-state index in [0.29, 0.717) is 26.9 Å². The fourth-order valence-corrected chi connectivity index (χ4v) is 3.77. The summed E-state index contributed by atoms with van der Waals surface area (Å²) in [6, 6.07) is 10.9. The van der Waals surface area contributed by atoms with E-state index in [1.165, 1.54) is 11.8 Å². The van der Waals surface area contributed by atoms with Gasteiger partial charge in [0.1, 0.15) is 0 Å². The fourth-order valence-electron chi connectivity index (χ4n) is 2.21. The molecule has 0 atom stereocenters. The van der Waals surface area contributed by atoms with Crippen molar-refractivity contribution in [2.75, 3.05) is 6.61 Å². The molecule has 0 bridgehead atoms. The minimum absolute atomic E-state index is 0.0371. The summed E-state index contributed by atoms with van der Waals surface area (Å²) in [5.41, 5.74) is 1.49. The molecule has 1 fully saturated rings. The van der Waals surface area contributed by atoms with E-state index in [1.54, 1.807) is 18.2 Å². The van der Waals surface area contributed by atoms with Crippen LogP contribution in [0, 0.1) is 0 Å². The highest BCUT2D eigenvalue weighted by Crippen LogP contribution is 2.37. The van der Waals surface area contributed by atoms with Gasteiger partial charge in [0.25, 0.3) is 5.91 Å². The maximum Gasteiger partial charge on any atom is 0.264 e. The Labute approximate surface area is 171 Å². The number of aromatic hydroxyl groups is 1. The quantitative estimate of drug-likeness (QED) is 0.569. The smallest absolute Gasteiger partial charge is 0.264 e. The summed E-state index contributed by atoms with van der Waals surface area (Å²) in [6.07, 6.45) is 1.73. The number of rotatable bonds is 4. The maximum atomic E-state index is 12.2. The number of hydrogen-bond donors (Lipinski definition) is 2. The van der Waals surface area contributed by atoms with Gasteiger partial charge in [-0.25, -0.2) is 4.99 Å². The van der Waals surface area contributed by atoms with E-state index in [4.69, 9.17) is 4.74 Å². The Morgan fingerprint density at radius 1 is 1.27 bits per heavy atom. The number of phenolic OH excluding ortho intramolecular Hbond substituents is 1. The van der Waals surface area contributed by atoms with Crippen molar-refractivity contribution in [3.05, 3.63) is 55.8 Å². The molecule has 8 heteroatoms. The van der Waals surface area contributed by atoms with Crippen LogP contribution in [0.15, 0.2) is 55.2 Å². The number of amides is 1. The Bertz CT molecular complexity index is 911. The summed E-state index contributed by atoms with van der Waals surface area (Å²) in [5, 5.41) is 13.3. The van der Waals surface area contributed by atoms with E-state index in [2.05, 4.69) is 42.2 Å². The standard InChI is InChI=1S/C18H14Br2N2O3S/c1-2-25-14-8-10(7-13(20)16(14)23)9-15-17(24)22-18(26-15)21-12-5-3-11(19)4-6-12/h3-9,23H,2H2,1H3,(H,21,22,24)/b15-9-. The van der Waals surface area contributed by atoms with Gasteiger partial charge in [0.15, 0.2) is 16.7 Å². The minimum Gasteiger partial charge on any atom is -0.503 e. The number of ether oxygens (including phenoxy) is 1. The third-order valence-electron chi connectivity index (χ3n) is 3.36. The summed E-state index contributed by atoms with van der Waals surface area (Å²) in [4.78, 5) is 17.2. The van der Waals surface area contributed by atoms with Gasteiger partial charge in [-0.1, -0.05) is 15.9 Å². The lowest BCUT2D eigenvalue weighted by Crippen LogP contribution is -2.19. The second-order valence-corrected chi connectivity index (χ2v) is 8.04. The lowest BCUT2D eigenvalue weighted by Gasteiger charge is -2.08. The molecule has 2 aromatic carbocycles. The number of phenols is 1. The molecule has 0 aromatic heterocycles. The monoisotopic (exact) mass is 496 g/mol. The van der Waals surface area contributed by atoms with Gasteiger partial charge in [-0.15, -0.1) is 0 Å². The zero-order valence-electron chi connectivity index (χ0n) is 13.6. The first-order valence-electron chi connectivity index (χ1n) is 7.66. The van der Waals surface area contributed by atoms with Crippen LogP contribution in [0.5, 0.6) is 11.5 Å². The zero-order chi connectivity index (χ0) is 18.7. The van der Waals surface area contributed by atoms with Crippen molar-refractivity contribution in [1.29, 1.82) is 0 Å². The Balaban J connectivity index is 1.86. The van der Waals surface area contributed by atoms with Crippen LogP contribution < -0.4 is 10.1 Å². The van der Waals surface area contributed by atoms with Gasteiger partial charge in [-0.2, -0.15) is 0 Å². The molecular weight excluding hydrogens is 484 g/mol. The maximum absolute atomic E-state index is 12.2. The molecule has 1 aliphatic rings. The summed E-state index contributed by atoms with van der Waals surface area (Å²) < 4.78 is 6.88. The molecule has 1 heterocycles. The lowest BCUT2D eigenvalue weighted by atomic mass is 10.2. The molecule has 3 rings (SSSR count). The molecule has 0 saturated carbocycles. The first kappa shape index (κ1) is 19.0. The predicted molar refractivity (Wildman–Crippen MR) is 112 cm³/mol. The Hall–Kier alpha value is -1.77. The summed E-state index contributed by atoms with van der Waals surface area (Å²) >= 11 is 7.94. The van der Waals surface area contributed by atoms with Crippen molar-refractivity contribution >= 4 is 66.5 Å². The second-order valence-electron chi connectivity index (χ2n) is 5.24. The molecule has 1 amide bonds. The highest BCUT2D eigenvalue weighted by Gasteiger charge is 2.24. The van der Waals surface area contributed by atoms with Crippen molar-refractivity contribution in [2.24, 2.45) is 4.99 Å². The van der Waals surface area contributed by atoms with Gasteiger partial charge >= 0.3 is 0 Å². The van der Waals surface area contributed by atoms with Crippen LogP contribution in [0.3, 0.4) is 0 Å². The highest BCUT2D eigenvalue weighted by atomic mass is 79.9. The molecule has 5 nitrogen and oxygen atoms in total. The molecule has 0 unspecified atom stereocenters. The van der Waals surface area contributed by atoms with Gasteiger partial charge in [0.05, 0.1) is 21.7 Å². The summed E-state index contributed by atoms with van der Waals surface area (Å²) in [7, 11) is 0. The third-order valence-corrected chi connectivity index (χ3v) is 5.40. The molecule has 2 N–H and O–H groups in total. The van der Waals surface area contributed by atoms with E-state index < -0.39 is 0 Å². The van der Waals surface area contributed by atoms with Crippen LogP contribution in [0.1, 0.15) is 12.5 Å². The molecule has 1 saturated heterocycles. The summed E-state index contributed by atoms with van der Waals surface area (Å²) in [5.74, 6) is 0.184. The van der Waals surface area contributed by atoms with Gasteiger partial charge in [-0.3, -0.25) is 4.79 Å². The zero-order valence-corrected chi connectivity index (χ0v) is 17.6. The van der Waals surface area contributed by atoms with Crippen LogP contribution in [0.4, 0.5) is 5.69 Å². The molecule has 0 aliphatic carbocycles. The fraction of sp³-hybridized carbons (Fsp3) is 0.111. The van der Waals surface area contributed by atoms with Crippen LogP contribution in [-0.4, -0.2) is 22.8 Å². The number of halogens is 2. The van der Waals surface area contributed by atoms with E-state index in [9.17, 15) is 9.90 Å². The Kier molecular flexibility index (Phi) is 6.05. The second kappa shape index (κ2) is 8.28. The number of benzene rings is 2. The van der Waals surface area contributed by atoms with Crippen LogP contribution >= 0.6 is 43.6 Å². The highest BCUT2D eigenvalue weighted by molar-refractivity contribution is 9.10. The number of nitrogens with zero attached hydrogens (tertiary/aromatic N) is 1. The molecular formula is C18H14Br2N2O3S. The molecule has 2 aromatic rings. The molecule has 26 heavy (non-hydrogen) atoms. The van der Waals surface area contributed by atoms with Gasteiger partial charge < -0.3 is 15.2 Å². The van der Waals surface area contributed by atoms with Gasteiger partial charge in [-0.05, 0) is 82.7 Å². The molecule has 134 valence electrons. The number of thioether (sulfide) groups is 1. The van der Waals surface area contributed by atoms with Crippen LogP contribution in [-0.2, 0) is 4.79 Å². The first-order valence-corrected chi connectivity index (χ1v) is 10.1. The van der Waals surface area contributed by atoms with Crippen LogP contribution in [0.25, 0.3) is 6.08 Å². The van der Waals surface area contributed by atoms with E-state index in [0.717, 1.165) is 15.7 Å². The average Bonchev–Trinajstić information content (AvgIpc) is 2.94. The van der Waals surface area contributed by atoms with Crippen molar-refractivity contribution in [2.45, 2.75) is 6.92 Å². The van der Waals surface area contributed by atoms with Crippen molar-refractivity contribution < 1.29 is 14.6 Å². The largest absolute Gasteiger partial charge is 0.503 e. The normalized spacial score (nSPS) is 17.0. The number of hydrogen-bond acceptors (Lipinski definition) is 5. The van der Waals surface area contributed by atoms with Gasteiger partial charge in [0.2, 0.25) is 0 Å². The first-order chi connectivity index (χ1) is 12.5. The third kappa shape index (κ3) is 4.49. The van der Waals surface area contributed by atoms with Crippen molar-refractivity contribution in [1.82, 2.24) is 5.32 Å². The number of amidine groups is 1. The Morgan fingerprint density at radius 3 is 2.69 bits per heavy atom. The SMILES string of the molecule is CCOc1cc(/C=C2\SC(=Nc3ccc(Br)cc3)NC2=O)cc(Br)c1O. The van der Waals surface area contributed by atoms with Crippen LogP contribution in [0.2, 0.25) is 0 Å².